The molecule has 0 aliphatic heterocycles. The minimum atomic E-state index is -0.979. The number of carbonyl (C=O) groups excluding carboxylic acids is 1. The second-order valence-electron chi connectivity index (χ2n) is 4.77. The van der Waals surface area contributed by atoms with Gasteiger partial charge in [0, 0.05) is 17.4 Å². The summed E-state index contributed by atoms with van der Waals surface area (Å²) in [5.74, 6) is -0.567. The number of para-hydroxylation sites is 1. The van der Waals surface area contributed by atoms with Crippen LogP contribution in [0.15, 0.2) is 28.7 Å². The molecule has 1 aromatic heterocycles. The molecule has 0 spiro atoms. The van der Waals surface area contributed by atoms with E-state index in [1.807, 2.05) is 38.1 Å². The van der Waals surface area contributed by atoms with E-state index in [-0.39, 0.29) is 24.8 Å². The molecule has 106 valence electrons. The predicted molar refractivity (Wildman–Crippen MR) is 74.4 cm³/mol. The second kappa shape index (κ2) is 5.77. The third-order valence-electron chi connectivity index (χ3n) is 3.22. The normalized spacial score (nSPS) is 12.3. The van der Waals surface area contributed by atoms with Crippen LogP contribution in [0.3, 0.4) is 0 Å². The standard InChI is InChI=1S/C15H17NO4/c1-9-11-5-3-4-6-12(11)20-15(9)10(2)16-13(17)7-8-14(18)19/h3-6,10H,7-8H2,1-2H3,(H,16,17)(H,18,19)/t10-/m1/s1. The monoisotopic (exact) mass is 275 g/mol. The number of nitrogens with one attached hydrogen (secondary N) is 1. The second-order valence-corrected chi connectivity index (χ2v) is 4.77. The summed E-state index contributed by atoms with van der Waals surface area (Å²) < 4.78 is 5.76. The molecule has 0 radical (unpaired) electrons. The third kappa shape index (κ3) is 2.99. The molecule has 0 fully saturated rings. The lowest BCUT2D eigenvalue weighted by molar-refractivity contribution is -0.138. The number of aliphatic carboxylic acids is 1. The van der Waals surface area contributed by atoms with Gasteiger partial charge in [-0.05, 0) is 19.9 Å². The van der Waals surface area contributed by atoms with Crippen molar-refractivity contribution in [2.45, 2.75) is 32.7 Å². The summed E-state index contributed by atoms with van der Waals surface area (Å²) in [5.41, 5.74) is 1.78. The SMILES string of the molecule is Cc1c([C@@H](C)NC(=O)CCC(=O)O)oc2ccccc12. The molecular formula is C15H17NO4. The maximum Gasteiger partial charge on any atom is 0.303 e. The first-order chi connectivity index (χ1) is 9.49. The fourth-order valence-electron chi connectivity index (χ4n) is 2.21. The first kappa shape index (κ1) is 14.1. The van der Waals surface area contributed by atoms with E-state index in [0.29, 0.717) is 5.76 Å². The van der Waals surface area contributed by atoms with E-state index in [0.717, 1.165) is 16.5 Å². The van der Waals surface area contributed by atoms with E-state index in [1.54, 1.807) is 0 Å². The van der Waals surface area contributed by atoms with Crippen molar-refractivity contribution in [2.24, 2.45) is 0 Å². The van der Waals surface area contributed by atoms with Gasteiger partial charge in [-0.3, -0.25) is 9.59 Å². The molecule has 2 rings (SSSR count). The molecular weight excluding hydrogens is 258 g/mol. The number of aryl methyl sites for hydroxylation is 1. The van der Waals surface area contributed by atoms with Gasteiger partial charge < -0.3 is 14.8 Å². The molecule has 0 unspecified atom stereocenters. The van der Waals surface area contributed by atoms with Gasteiger partial charge in [0.25, 0.3) is 0 Å². The maximum atomic E-state index is 11.6. The number of amides is 1. The number of carboxylic acids is 1. The van der Waals surface area contributed by atoms with E-state index in [2.05, 4.69) is 5.32 Å². The first-order valence-electron chi connectivity index (χ1n) is 6.48. The molecule has 0 saturated heterocycles. The molecule has 0 aliphatic rings. The highest BCUT2D eigenvalue weighted by Crippen LogP contribution is 2.29. The Bertz CT molecular complexity index is 644. The van der Waals surface area contributed by atoms with Crippen LogP contribution in [0.4, 0.5) is 0 Å². The van der Waals surface area contributed by atoms with Crippen LogP contribution in [0.1, 0.15) is 37.1 Å². The quantitative estimate of drug-likeness (QED) is 0.879. The van der Waals surface area contributed by atoms with Crippen LogP contribution in [0, 0.1) is 6.92 Å². The Labute approximate surface area is 116 Å². The van der Waals surface area contributed by atoms with Gasteiger partial charge in [0.2, 0.25) is 5.91 Å². The van der Waals surface area contributed by atoms with Crippen LogP contribution in [0.5, 0.6) is 0 Å². The molecule has 1 heterocycles. The highest BCUT2D eigenvalue weighted by molar-refractivity contribution is 5.83. The molecule has 0 aliphatic carbocycles. The average molecular weight is 275 g/mol. The van der Waals surface area contributed by atoms with E-state index in [4.69, 9.17) is 9.52 Å². The molecule has 5 nitrogen and oxygen atoms in total. The minimum absolute atomic E-state index is 0.0288. The van der Waals surface area contributed by atoms with Crippen molar-refractivity contribution >= 4 is 22.8 Å². The molecule has 0 saturated carbocycles. The van der Waals surface area contributed by atoms with Gasteiger partial charge >= 0.3 is 5.97 Å². The Kier molecular flexibility index (Phi) is 4.08. The molecule has 0 bridgehead atoms. The fourth-order valence-corrected chi connectivity index (χ4v) is 2.21. The van der Waals surface area contributed by atoms with Gasteiger partial charge in [-0.25, -0.2) is 0 Å². The number of hydrogen-bond acceptors (Lipinski definition) is 3. The summed E-state index contributed by atoms with van der Waals surface area (Å²) in [4.78, 5) is 22.1. The van der Waals surface area contributed by atoms with Crippen molar-refractivity contribution in [3.8, 4) is 0 Å². The van der Waals surface area contributed by atoms with Crippen molar-refractivity contribution < 1.29 is 19.1 Å². The summed E-state index contributed by atoms with van der Waals surface area (Å²) in [6, 6.07) is 7.39. The topological polar surface area (TPSA) is 79.5 Å². The van der Waals surface area contributed by atoms with Gasteiger partial charge in [-0.15, -0.1) is 0 Å². The Morgan fingerprint density at radius 2 is 2.00 bits per heavy atom. The van der Waals surface area contributed by atoms with Gasteiger partial charge in [0.15, 0.2) is 0 Å². The zero-order valence-corrected chi connectivity index (χ0v) is 11.5. The Balaban J connectivity index is 2.11. The number of fused-ring (bicyclic) bond motifs is 1. The molecule has 20 heavy (non-hydrogen) atoms. The van der Waals surface area contributed by atoms with Crippen LogP contribution < -0.4 is 5.32 Å². The van der Waals surface area contributed by atoms with Crippen molar-refractivity contribution in [1.29, 1.82) is 0 Å². The summed E-state index contributed by atoms with van der Waals surface area (Å²) in [6.45, 7) is 3.77. The Hall–Kier alpha value is -2.30. The van der Waals surface area contributed by atoms with Crippen LogP contribution in [0.25, 0.3) is 11.0 Å². The van der Waals surface area contributed by atoms with Crippen molar-refractivity contribution in [2.75, 3.05) is 0 Å². The third-order valence-corrected chi connectivity index (χ3v) is 3.22. The summed E-state index contributed by atoms with van der Waals surface area (Å²) in [7, 11) is 0. The lowest BCUT2D eigenvalue weighted by Crippen LogP contribution is -2.27. The Morgan fingerprint density at radius 3 is 2.65 bits per heavy atom. The zero-order valence-electron chi connectivity index (χ0n) is 11.5. The van der Waals surface area contributed by atoms with Crippen molar-refractivity contribution in [3.05, 3.63) is 35.6 Å². The number of carboxylic acid groups (broad SMARTS) is 1. The number of rotatable bonds is 5. The maximum absolute atomic E-state index is 11.6. The molecule has 1 atom stereocenters. The molecule has 2 N–H and O–H groups in total. The van der Waals surface area contributed by atoms with Crippen LogP contribution in [-0.2, 0) is 9.59 Å². The van der Waals surface area contributed by atoms with Crippen molar-refractivity contribution in [3.63, 3.8) is 0 Å². The summed E-state index contributed by atoms with van der Waals surface area (Å²) >= 11 is 0. The smallest absolute Gasteiger partial charge is 0.303 e. The number of hydrogen-bond donors (Lipinski definition) is 2. The van der Waals surface area contributed by atoms with Gasteiger partial charge in [-0.2, -0.15) is 0 Å². The molecule has 5 heteroatoms. The molecule has 1 aromatic carbocycles. The summed E-state index contributed by atoms with van der Waals surface area (Å²) in [5, 5.41) is 12.3. The number of benzene rings is 1. The number of carbonyl (C=O) groups is 2. The number of furan rings is 1. The van der Waals surface area contributed by atoms with Crippen LogP contribution in [0.2, 0.25) is 0 Å². The lowest BCUT2D eigenvalue weighted by Gasteiger charge is -2.12. The van der Waals surface area contributed by atoms with Crippen LogP contribution in [-0.4, -0.2) is 17.0 Å². The van der Waals surface area contributed by atoms with E-state index in [1.165, 1.54) is 0 Å². The summed E-state index contributed by atoms with van der Waals surface area (Å²) in [6.07, 6.45) is -0.198. The first-order valence-corrected chi connectivity index (χ1v) is 6.48. The van der Waals surface area contributed by atoms with E-state index < -0.39 is 5.97 Å². The average Bonchev–Trinajstić information content (AvgIpc) is 2.74. The van der Waals surface area contributed by atoms with E-state index in [9.17, 15) is 9.59 Å². The molecule has 1 amide bonds. The van der Waals surface area contributed by atoms with Gasteiger partial charge in [0.05, 0.1) is 12.5 Å². The minimum Gasteiger partial charge on any atom is -0.481 e. The largest absolute Gasteiger partial charge is 0.481 e. The Morgan fingerprint density at radius 1 is 1.30 bits per heavy atom. The van der Waals surface area contributed by atoms with Crippen LogP contribution >= 0.6 is 0 Å². The van der Waals surface area contributed by atoms with E-state index >= 15 is 0 Å². The zero-order chi connectivity index (χ0) is 14.7. The highest BCUT2D eigenvalue weighted by atomic mass is 16.4. The highest BCUT2D eigenvalue weighted by Gasteiger charge is 2.18. The molecule has 2 aromatic rings. The predicted octanol–water partition coefficient (Wildman–Crippen LogP) is 2.78. The van der Waals surface area contributed by atoms with Gasteiger partial charge in [0.1, 0.15) is 11.3 Å². The fraction of sp³-hybridized carbons (Fsp3) is 0.333. The van der Waals surface area contributed by atoms with Crippen molar-refractivity contribution in [1.82, 2.24) is 5.32 Å². The lowest BCUT2D eigenvalue weighted by atomic mass is 10.1. The van der Waals surface area contributed by atoms with Gasteiger partial charge in [-0.1, -0.05) is 18.2 Å².